The molecule has 0 aromatic rings. The number of nitrogens with one attached hydrogen (secondary N) is 1. The van der Waals surface area contributed by atoms with Gasteiger partial charge < -0.3 is 5.32 Å². The van der Waals surface area contributed by atoms with E-state index in [0.717, 1.165) is 12.8 Å². The largest absolute Gasteiger partial charge is 0.315 e. The van der Waals surface area contributed by atoms with Crippen molar-refractivity contribution in [2.45, 2.75) is 57.4 Å². The molecule has 0 fully saturated rings. The van der Waals surface area contributed by atoms with Crippen molar-refractivity contribution >= 4 is 0 Å². The Morgan fingerprint density at radius 1 is 1.00 bits per heavy atom. The normalized spacial score (nSPS) is 30.3. The van der Waals surface area contributed by atoms with E-state index in [0.29, 0.717) is 5.54 Å². The second-order valence-electron chi connectivity index (χ2n) is 4.22. The van der Waals surface area contributed by atoms with Gasteiger partial charge in [0, 0.05) is 18.4 Å². The Kier molecular flexibility index (Phi) is 4.32. The van der Waals surface area contributed by atoms with Gasteiger partial charge in [0.2, 0.25) is 0 Å². The topological polar surface area (TPSA) is 12.0 Å². The van der Waals surface area contributed by atoms with Gasteiger partial charge in [-0.3, -0.25) is 0 Å². The molecule has 0 radical (unpaired) electrons. The first-order chi connectivity index (χ1) is 6.27. The maximum atomic E-state index is 3.43. The molecule has 74 valence electrons. The van der Waals surface area contributed by atoms with Crippen molar-refractivity contribution in [3.05, 3.63) is 0 Å². The van der Waals surface area contributed by atoms with Crippen molar-refractivity contribution < 1.29 is 0 Å². The van der Waals surface area contributed by atoms with Crippen LogP contribution in [0.5, 0.6) is 0 Å². The molecule has 1 nitrogen and oxygen atoms in total. The van der Waals surface area contributed by atoms with Crippen LogP contribution in [0.1, 0.15) is 51.9 Å². The number of rotatable bonds is 1. The van der Waals surface area contributed by atoms with Crippen LogP contribution in [-0.4, -0.2) is 12.6 Å². The van der Waals surface area contributed by atoms with E-state index in [4.69, 9.17) is 0 Å². The van der Waals surface area contributed by atoms with Crippen molar-refractivity contribution in [3.63, 3.8) is 0 Å². The van der Waals surface area contributed by atoms with Gasteiger partial charge in [0.25, 0.3) is 0 Å². The van der Waals surface area contributed by atoms with E-state index in [1.54, 1.807) is 0 Å². The van der Waals surface area contributed by atoms with Crippen molar-refractivity contribution in [3.8, 4) is 11.8 Å². The molecule has 1 aliphatic carbocycles. The second kappa shape index (κ2) is 5.29. The average Bonchev–Trinajstić information content (AvgIpc) is 2.16. The third-order valence-electron chi connectivity index (χ3n) is 3.06. The Morgan fingerprint density at radius 3 is 2.54 bits per heavy atom. The summed E-state index contributed by atoms with van der Waals surface area (Å²) in [5.41, 5.74) is 0.325. The lowest BCUT2D eigenvalue weighted by Crippen LogP contribution is -2.39. The van der Waals surface area contributed by atoms with Crippen LogP contribution in [0.3, 0.4) is 0 Å². The predicted molar refractivity (Wildman–Crippen MR) is 57.6 cm³/mol. The van der Waals surface area contributed by atoms with E-state index in [1.807, 2.05) is 0 Å². The van der Waals surface area contributed by atoms with Crippen LogP contribution < -0.4 is 5.32 Å². The van der Waals surface area contributed by atoms with Gasteiger partial charge in [-0.15, -0.1) is 11.8 Å². The quantitative estimate of drug-likeness (QED) is 0.610. The lowest BCUT2D eigenvalue weighted by molar-refractivity contribution is 0.322. The summed E-state index contributed by atoms with van der Waals surface area (Å²) in [7, 11) is 2.07. The molecule has 1 aliphatic rings. The minimum atomic E-state index is 0.325. The zero-order valence-corrected chi connectivity index (χ0v) is 8.95. The van der Waals surface area contributed by atoms with Crippen LogP contribution in [-0.2, 0) is 0 Å². The van der Waals surface area contributed by atoms with Gasteiger partial charge in [0.05, 0.1) is 0 Å². The minimum Gasteiger partial charge on any atom is -0.315 e. The molecule has 1 unspecified atom stereocenters. The fourth-order valence-electron chi connectivity index (χ4n) is 1.80. The maximum Gasteiger partial charge on any atom is 0.0159 e. The van der Waals surface area contributed by atoms with Crippen LogP contribution in [0.4, 0.5) is 0 Å². The standard InChI is InChI=1S/C12H21N/c1-12(13-2)10-8-6-4-3-5-7-9-11-12/h13H,3-4,6,8-11H2,1-2H3. The molecule has 1 N–H and O–H groups in total. The zero-order chi connectivity index (χ0) is 9.57. The first-order valence-electron chi connectivity index (χ1n) is 5.41. The molecule has 1 atom stereocenters. The Hall–Kier alpha value is -0.480. The Labute approximate surface area is 82.3 Å². The van der Waals surface area contributed by atoms with Crippen LogP contribution in [0, 0.1) is 11.8 Å². The van der Waals surface area contributed by atoms with E-state index < -0.39 is 0 Å². The molecule has 0 heterocycles. The second-order valence-corrected chi connectivity index (χ2v) is 4.22. The summed E-state index contributed by atoms with van der Waals surface area (Å²) in [4.78, 5) is 0. The Bertz CT molecular complexity index is 199. The van der Waals surface area contributed by atoms with Gasteiger partial charge in [0.15, 0.2) is 0 Å². The highest BCUT2D eigenvalue weighted by atomic mass is 14.9. The average molecular weight is 179 g/mol. The molecular weight excluding hydrogens is 158 g/mol. The maximum absolute atomic E-state index is 3.43. The summed E-state index contributed by atoms with van der Waals surface area (Å²) in [6.45, 7) is 2.32. The monoisotopic (exact) mass is 179 g/mol. The van der Waals surface area contributed by atoms with Crippen LogP contribution in [0.2, 0.25) is 0 Å². The molecule has 0 amide bonds. The fraction of sp³-hybridized carbons (Fsp3) is 0.833. The van der Waals surface area contributed by atoms with E-state index >= 15 is 0 Å². The lowest BCUT2D eigenvalue weighted by atomic mass is 9.89. The van der Waals surface area contributed by atoms with E-state index in [-0.39, 0.29) is 0 Å². The lowest BCUT2D eigenvalue weighted by Gasteiger charge is -2.29. The Balaban J connectivity index is 2.49. The highest BCUT2D eigenvalue weighted by Gasteiger charge is 2.20. The molecule has 0 aliphatic heterocycles. The molecule has 1 rings (SSSR count). The fourth-order valence-corrected chi connectivity index (χ4v) is 1.80. The molecule has 1 heteroatoms. The minimum absolute atomic E-state index is 0.325. The molecule has 0 aromatic carbocycles. The first kappa shape index (κ1) is 10.6. The third kappa shape index (κ3) is 3.83. The van der Waals surface area contributed by atoms with Gasteiger partial charge in [-0.1, -0.05) is 12.8 Å². The summed E-state index contributed by atoms with van der Waals surface area (Å²) in [5.74, 6) is 6.49. The van der Waals surface area contributed by atoms with E-state index in [2.05, 4.69) is 31.1 Å². The molecule has 0 saturated carbocycles. The molecule has 0 aromatic heterocycles. The van der Waals surface area contributed by atoms with Gasteiger partial charge >= 0.3 is 0 Å². The molecular formula is C12H21N. The molecule has 13 heavy (non-hydrogen) atoms. The van der Waals surface area contributed by atoms with Gasteiger partial charge in [-0.2, -0.15) is 0 Å². The summed E-state index contributed by atoms with van der Waals surface area (Å²) < 4.78 is 0. The van der Waals surface area contributed by atoms with E-state index in [1.165, 1.54) is 32.1 Å². The van der Waals surface area contributed by atoms with Crippen molar-refractivity contribution in [2.75, 3.05) is 7.05 Å². The Morgan fingerprint density at radius 2 is 1.77 bits per heavy atom. The summed E-state index contributed by atoms with van der Waals surface area (Å²) >= 11 is 0. The first-order valence-corrected chi connectivity index (χ1v) is 5.41. The van der Waals surface area contributed by atoms with Gasteiger partial charge in [-0.25, -0.2) is 0 Å². The third-order valence-corrected chi connectivity index (χ3v) is 3.06. The van der Waals surface area contributed by atoms with Crippen LogP contribution in [0.25, 0.3) is 0 Å². The predicted octanol–water partition coefficient (Wildman–Crippen LogP) is 2.71. The number of hydrogen-bond donors (Lipinski definition) is 1. The van der Waals surface area contributed by atoms with Gasteiger partial charge in [-0.05, 0) is 33.2 Å². The van der Waals surface area contributed by atoms with Gasteiger partial charge in [0.1, 0.15) is 0 Å². The van der Waals surface area contributed by atoms with Crippen molar-refractivity contribution in [1.29, 1.82) is 0 Å². The summed E-state index contributed by atoms with van der Waals surface area (Å²) in [5, 5.41) is 3.43. The van der Waals surface area contributed by atoms with Crippen LogP contribution >= 0.6 is 0 Å². The number of hydrogen-bond acceptors (Lipinski definition) is 1. The van der Waals surface area contributed by atoms with Crippen molar-refractivity contribution in [1.82, 2.24) is 5.32 Å². The SMILES string of the molecule is CNC1(C)CCC#CCCCCC1. The summed E-state index contributed by atoms with van der Waals surface area (Å²) in [6.07, 6.45) is 8.62. The zero-order valence-electron chi connectivity index (χ0n) is 8.95. The molecule has 0 spiro atoms. The molecule has 0 bridgehead atoms. The summed E-state index contributed by atoms with van der Waals surface area (Å²) in [6, 6.07) is 0. The van der Waals surface area contributed by atoms with E-state index in [9.17, 15) is 0 Å². The highest BCUT2D eigenvalue weighted by molar-refractivity contribution is 5.01. The highest BCUT2D eigenvalue weighted by Crippen LogP contribution is 2.20. The van der Waals surface area contributed by atoms with Crippen molar-refractivity contribution in [2.24, 2.45) is 0 Å². The molecule has 0 saturated heterocycles. The van der Waals surface area contributed by atoms with Crippen LogP contribution in [0.15, 0.2) is 0 Å². The smallest absolute Gasteiger partial charge is 0.0159 e.